The van der Waals surface area contributed by atoms with E-state index in [9.17, 15) is 19.8 Å². The van der Waals surface area contributed by atoms with Crippen LogP contribution >= 0.6 is 0 Å². The van der Waals surface area contributed by atoms with Gasteiger partial charge in [0.2, 0.25) is 0 Å². The van der Waals surface area contributed by atoms with E-state index < -0.39 is 37.9 Å². The third kappa shape index (κ3) is 12.1. The number of fused-ring (bicyclic) bond motifs is 1. The van der Waals surface area contributed by atoms with Crippen molar-refractivity contribution in [1.29, 1.82) is 0 Å². The zero-order valence-electron chi connectivity index (χ0n) is 25.2. The maximum Gasteiger partial charge on any atom is 0.327 e. The van der Waals surface area contributed by atoms with Gasteiger partial charge >= 0.3 is 12.1 Å². The van der Waals surface area contributed by atoms with Crippen molar-refractivity contribution in [3.8, 4) is 0 Å². The molecule has 4 amide bonds. The highest BCUT2D eigenvalue weighted by Crippen LogP contribution is 2.34. The summed E-state index contributed by atoms with van der Waals surface area (Å²) in [5.41, 5.74) is 0. The molecule has 10 heteroatoms. The molecule has 226 valence electrons. The van der Waals surface area contributed by atoms with Crippen LogP contribution in [0.2, 0.25) is 0 Å². The van der Waals surface area contributed by atoms with Crippen LogP contribution in [0.5, 0.6) is 0 Å². The van der Waals surface area contributed by atoms with Crippen molar-refractivity contribution in [2.75, 3.05) is 40.1 Å². The summed E-state index contributed by atoms with van der Waals surface area (Å²) in [4.78, 5) is 30.6. The molecule has 0 spiro atoms. The van der Waals surface area contributed by atoms with Crippen molar-refractivity contribution >= 4 is 12.1 Å². The SMILES string of the molecule is CCCCC.CCCCC.CCCCCOCN1C(=O)N(CO)C2C1N(COCCCCC)C(=O)N2CO. The molecule has 0 aliphatic carbocycles. The van der Waals surface area contributed by atoms with Gasteiger partial charge in [0.15, 0.2) is 12.3 Å². The Labute approximate surface area is 232 Å². The fourth-order valence-electron chi connectivity index (χ4n) is 4.26. The smallest absolute Gasteiger partial charge is 0.327 e. The molecule has 0 unspecified atom stereocenters. The first kappa shape index (κ1) is 36.4. The Morgan fingerprint density at radius 2 is 0.842 bits per heavy atom. The molecule has 0 aromatic carbocycles. The maximum absolute atomic E-state index is 12.7. The van der Waals surface area contributed by atoms with Gasteiger partial charge in [-0.25, -0.2) is 9.59 Å². The molecule has 0 bridgehead atoms. The lowest BCUT2D eigenvalue weighted by molar-refractivity contribution is -0.0286. The molecule has 0 atom stereocenters. The minimum absolute atomic E-state index is 0.0130. The van der Waals surface area contributed by atoms with E-state index in [0.29, 0.717) is 13.2 Å². The Bertz CT molecular complexity index is 546. The van der Waals surface area contributed by atoms with Crippen molar-refractivity contribution < 1.29 is 29.3 Å². The quantitative estimate of drug-likeness (QED) is 0.213. The van der Waals surface area contributed by atoms with Gasteiger partial charge in [-0.2, -0.15) is 0 Å². The second-order valence-electron chi connectivity index (χ2n) is 9.75. The van der Waals surface area contributed by atoms with Gasteiger partial charge in [-0.15, -0.1) is 0 Å². The molecule has 0 saturated carbocycles. The van der Waals surface area contributed by atoms with E-state index in [1.807, 2.05) is 0 Å². The highest BCUT2D eigenvalue weighted by Gasteiger charge is 2.59. The van der Waals surface area contributed by atoms with Crippen molar-refractivity contribution in [2.24, 2.45) is 0 Å². The first-order chi connectivity index (χ1) is 18.4. The van der Waals surface area contributed by atoms with Gasteiger partial charge in [0, 0.05) is 13.2 Å². The molecule has 0 radical (unpaired) electrons. The van der Waals surface area contributed by atoms with Crippen LogP contribution in [0.25, 0.3) is 0 Å². The normalized spacial score (nSPS) is 18.4. The number of aliphatic hydroxyl groups is 2. The summed E-state index contributed by atoms with van der Waals surface area (Å²) >= 11 is 0. The Kier molecular flexibility index (Phi) is 22.3. The second kappa shape index (κ2) is 23.3. The van der Waals surface area contributed by atoms with Gasteiger partial charge in [-0.1, -0.05) is 106 Å². The molecule has 2 fully saturated rings. The predicted octanol–water partition coefficient (Wildman–Crippen LogP) is 5.74. The lowest BCUT2D eigenvalue weighted by atomic mass is 10.3. The number of amides is 4. The number of ether oxygens (including phenoxy) is 2. The standard InChI is InChI=1S/C18H34N4O6.2C5H12/c1-3-5-7-9-27-13-21-16-15(19(11-23)17(21)25)20(12-24)18(26)22(16)14-28-10-8-6-4-2;2*1-3-5-4-2/h15-16,23-24H,3-14H2,1-2H3;2*3-5H2,1-2H3. The summed E-state index contributed by atoms with van der Waals surface area (Å²) in [5.74, 6) is 0. The summed E-state index contributed by atoms with van der Waals surface area (Å²) in [6.45, 7) is 13.0. The molecule has 10 nitrogen and oxygen atoms in total. The van der Waals surface area contributed by atoms with Crippen LogP contribution in [0.3, 0.4) is 0 Å². The molecule has 2 rings (SSSR count). The molecule has 2 aliphatic heterocycles. The van der Waals surface area contributed by atoms with Crippen LogP contribution in [-0.4, -0.2) is 94.3 Å². The fraction of sp³-hybridized carbons (Fsp3) is 0.929. The summed E-state index contributed by atoms with van der Waals surface area (Å²) in [6.07, 6.45) is 12.7. The molecule has 0 aromatic rings. The third-order valence-electron chi connectivity index (χ3n) is 6.49. The van der Waals surface area contributed by atoms with Gasteiger partial charge in [0.1, 0.15) is 26.9 Å². The van der Waals surface area contributed by atoms with E-state index in [2.05, 4.69) is 41.5 Å². The molecule has 2 saturated heterocycles. The molecule has 2 aliphatic rings. The average Bonchev–Trinajstić information content (AvgIpc) is 3.34. The van der Waals surface area contributed by atoms with Crippen LogP contribution in [0.1, 0.15) is 119 Å². The van der Waals surface area contributed by atoms with Crippen LogP contribution < -0.4 is 0 Å². The maximum atomic E-state index is 12.7. The van der Waals surface area contributed by atoms with E-state index in [1.54, 1.807) is 0 Å². The number of urea groups is 2. The number of carbonyl (C=O) groups excluding carboxylic acids is 2. The van der Waals surface area contributed by atoms with Gasteiger partial charge in [-0.05, 0) is 12.8 Å². The van der Waals surface area contributed by atoms with Crippen LogP contribution in [0, 0.1) is 0 Å². The molecular weight excluding hydrogens is 488 g/mol. The van der Waals surface area contributed by atoms with Crippen molar-refractivity contribution in [3.63, 3.8) is 0 Å². The average molecular weight is 547 g/mol. The van der Waals surface area contributed by atoms with Crippen LogP contribution in [0.15, 0.2) is 0 Å². The lowest BCUT2D eigenvalue weighted by Crippen LogP contribution is -2.48. The fourth-order valence-corrected chi connectivity index (χ4v) is 4.26. The Balaban J connectivity index is 0.00000116. The third-order valence-corrected chi connectivity index (χ3v) is 6.49. The van der Waals surface area contributed by atoms with E-state index in [0.717, 1.165) is 48.3 Å². The number of hydrogen-bond donors (Lipinski definition) is 2. The van der Waals surface area contributed by atoms with Gasteiger partial charge < -0.3 is 19.7 Å². The topological polar surface area (TPSA) is 106 Å². The number of nitrogens with zero attached hydrogens (tertiary/aromatic N) is 4. The summed E-state index contributed by atoms with van der Waals surface area (Å²) in [6, 6.07) is -0.871. The number of aliphatic hydroxyl groups excluding tert-OH is 2. The Morgan fingerprint density at radius 1 is 0.526 bits per heavy atom. The van der Waals surface area contributed by atoms with Crippen LogP contribution in [0.4, 0.5) is 9.59 Å². The molecule has 38 heavy (non-hydrogen) atoms. The molecular formula is C28H58N4O6. The minimum Gasteiger partial charge on any atom is -0.376 e. The number of rotatable bonds is 18. The summed E-state index contributed by atoms with van der Waals surface area (Å²) < 4.78 is 11.3. The predicted molar refractivity (Wildman–Crippen MR) is 151 cm³/mol. The summed E-state index contributed by atoms with van der Waals surface area (Å²) in [7, 11) is 0. The monoisotopic (exact) mass is 546 g/mol. The first-order valence-corrected chi connectivity index (χ1v) is 15.0. The van der Waals surface area contributed by atoms with Gasteiger partial charge in [-0.3, -0.25) is 19.6 Å². The van der Waals surface area contributed by atoms with Crippen LogP contribution in [-0.2, 0) is 9.47 Å². The summed E-state index contributed by atoms with van der Waals surface area (Å²) in [5, 5.41) is 19.3. The zero-order valence-corrected chi connectivity index (χ0v) is 25.2. The van der Waals surface area contributed by atoms with Gasteiger partial charge in [0.25, 0.3) is 0 Å². The van der Waals surface area contributed by atoms with Crippen molar-refractivity contribution in [1.82, 2.24) is 19.6 Å². The Morgan fingerprint density at radius 3 is 1.11 bits per heavy atom. The highest BCUT2D eigenvalue weighted by molar-refractivity contribution is 5.85. The number of hydrogen-bond acceptors (Lipinski definition) is 6. The van der Waals surface area contributed by atoms with E-state index in [4.69, 9.17) is 9.47 Å². The van der Waals surface area contributed by atoms with Crippen molar-refractivity contribution in [3.05, 3.63) is 0 Å². The number of unbranched alkanes of at least 4 members (excludes halogenated alkanes) is 8. The molecule has 0 aromatic heterocycles. The second-order valence-corrected chi connectivity index (χ2v) is 9.75. The minimum atomic E-state index is -0.784. The van der Waals surface area contributed by atoms with Crippen molar-refractivity contribution in [2.45, 2.75) is 131 Å². The highest BCUT2D eigenvalue weighted by atomic mass is 16.5. The molecule has 2 heterocycles. The largest absolute Gasteiger partial charge is 0.376 e. The Hall–Kier alpha value is -1.62. The van der Waals surface area contributed by atoms with E-state index in [-0.39, 0.29) is 13.5 Å². The first-order valence-electron chi connectivity index (χ1n) is 15.0. The molecule has 2 N–H and O–H groups in total. The lowest BCUT2D eigenvalue weighted by Gasteiger charge is -2.29. The number of carbonyl (C=O) groups is 2. The zero-order chi connectivity index (χ0) is 28.8. The van der Waals surface area contributed by atoms with Gasteiger partial charge in [0.05, 0.1) is 0 Å². The van der Waals surface area contributed by atoms with E-state index >= 15 is 0 Å². The van der Waals surface area contributed by atoms with E-state index in [1.165, 1.54) is 48.3 Å².